The van der Waals surface area contributed by atoms with Gasteiger partial charge in [-0.05, 0) is 62.1 Å². The number of ether oxygens (including phenoxy) is 3. The van der Waals surface area contributed by atoms with E-state index in [1.807, 2.05) is 0 Å². The fourth-order valence-electron chi connectivity index (χ4n) is 4.26. The van der Waals surface area contributed by atoms with E-state index in [1.165, 1.54) is 38.1 Å². The minimum absolute atomic E-state index is 0.0813. The molecular weight excluding hydrogens is 582 g/mol. The van der Waals surface area contributed by atoms with Crippen molar-refractivity contribution in [1.82, 2.24) is 0 Å². The van der Waals surface area contributed by atoms with Gasteiger partial charge >= 0.3 is 24.5 Å². The van der Waals surface area contributed by atoms with Crippen molar-refractivity contribution in [3.63, 3.8) is 0 Å². The second-order valence-electron chi connectivity index (χ2n) is 9.67. The van der Waals surface area contributed by atoms with Crippen molar-refractivity contribution in [2.24, 2.45) is 0 Å². The summed E-state index contributed by atoms with van der Waals surface area (Å²) < 4.78 is 103. The van der Waals surface area contributed by atoms with Crippen LogP contribution in [0.15, 0.2) is 77.3 Å². The molecular formula is C31H24F6O6. The standard InChI is InChI=1S/C31H24F6O6/c1-16(2)28(38)40-15-5-6-18-7-9-19(10-8-18)20-11-12-22-21-13-14-23(41-29(39)17(3)4)24(30(32,33)34)25(21)42-26(22)27(20)43-31(35,36)37/h7-14H,1,3,5-6,15H2,2,4H3. The van der Waals surface area contributed by atoms with E-state index in [1.54, 1.807) is 12.1 Å². The van der Waals surface area contributed by atoms with Gasteiger partial charge in [0.2, 0.25) is 0 Å². The number of esters is 2. The molecule has 0 aliphatic heterocycles. The molecule has 226 valence electrons. The summed E-state index contributed by atoms with van der Waals surface area (Å²) in [6.45, 7) is 9.74. The molecule has 6 nitrogen and oxygen atoms in total. The Morgan fingerprint density at radius 2 is 1.42 bits per heavy atom. The number of hydrogen-bond acceptors (Lipinski definition) is 6. The average molecular weight is 607 g/mol. The number of halogens is 6. The highest BCUT2D eigenvalue weighted by Crippen LogP contribution is 2.48. The number of aryl methyl sites for hydroxylation is 1. The summed E-state index contributed by atoms with van der Waals surface area (Å²) >= 11 is 0. The molecule has 0 fully saturated rings. The Balaban J connectivity index is 1.78. The average Bonchev–Trinajstić information content (AvgIpc) is 3.28. The van der Waals surface area contributed by atoms with Crippen LogP contribution in [0.25, 0.3) is 33.1 Å². The Morgan fingerprint density at radius 1 is 0.814 bits per heavy atom. The topological polar surface area (TPSA) is 75.0 Å². The first-order valence-electron chi connectivity index (χ1n) is 12.7. The molecule has 0 aliphatic rings. The van der Waals surface area contributed by atoms with Gasteiger partial charge in [-0.2, -0.15) is 13.2 Å². The summed E-state index contributed by atoms with van der Waals surface area (Å²) in [5.74, 6) is -3.37. The van der Waals surface area contributed by atoms with Crippen LogP contribution < -0.4 is 9.47 Å². The molecule has 0 bridgehead atoms. The number of fused-ring (bicyclic) bond motifs is 3. The van der Waals surface area contributed by atoms with Gasteiger partial charge in [0.15, 0.2) is 16.9 Å². The molecule has 0 spiro atoms. The van der Waals surface area contributed by atoms with Gasteiger partial charge in [0.05, 0.1) is 6.61 Å². The van der Waals surface area contributed by atoms with Crippen molar-refractivity contribution in [3.05, 3.63) is 84.0 Å². The molecule has 0 aliphatic carbocycles. The molecule has 1 heterocycles. The van der Waals surface area contributed by atoms with E-state index >= 15 is 0 Å². The Bertz CT molecular complexity index is 1730. The van der Waals surface area contributed by atoms with Gasteiger partial charge in [0.25, 0.3) is 0 Å². The fourth-order valence-corrected chi connectivity index (χ4v) is 4.26. The van der Waals surface area contributed by atoms with E-state index < -0.39 is 52.7 Å². The first-order chi connectivity index (χ1) is 20.1. The van der Waals surface area contributed by atoms with Crippen LogP contribution in [0.3, 0.4) is 0 Å². The Morgan fingerprint density at radius 3 is 2.00 bits per heavy atom. The minimum atomic E-state index is -5.21. The molecule has 0 amide bonds. The largest absolute Gasteiger partial charge is 0.573 e. The molecule has 0 N–H and O–H groups in total. The third kappa shape index (κ3) is 7.02. The quantitative estimate of drug-likeness (QED) is 0.0624. The highest BCUT2D eigenvalue weighted by molar-refractivity contribution is 6.10. The van der Waals surface area contributed by atoms with Crippen LogP contribution in [0.5, 0.6) is 11.5 Å². The molecule has 1 aromatic heterocycles. The number of carbonyl (C=O) groups is 2. The Hall–Kier alpha value is -4.74. The number of benzene rings is 3. The Labute approximate surface area is 241 Å². The molecule has 3 aromatic carbocycles. The highest BCUT2D eigenvalue weighted by atomic mass is 19.4. The zero-order valence-corrected chi connectivity index (χ0v) is 22.9. The van der Waals surface area contributed by atoms with Crippen molar-refractivity contribution in [1.29, 1.82) is 0 Å². The van der Waals surface area contributed by atoms with Gasteiger partial charge in [-0.3, -0.25) is 0 Å². The fraction of sp³-hybridized carbons (Fsp3) is 0.226. The van der Waals surface area contributed by atoms with Crippen LogP contribution >= 0.6 is 0 Å². The summed E-state index contributed by atoms with van der Waals surface area (Å²) in [5.41, 5.74) is -1.81. The molecule has 12 heteroatoms. The van der Waals surface area contributed by atoms with Crippen molar-refractivity contribution in [2.45, 2.75) is 39.2 Å². The second kappa shape index (κ2) is 11.9. The monoisotopic (exact) mass is 606 g/mol. The van der Waals surface area contributed by atoms with Crippen molar-refractivity contribution >= 4 is 33.9 Å². The van der Waals surface area contributed by atoms with Crippen molar-refractivity contribution in [2.75, 3.05) is 6.61 Å². The van der Waals surface area contributed by atoms with E-state index in [0.717, 1.165) is 17.7 Å². The smallest absolute Gasteiger partial charge is 0.462 e. The summed E-state index contributed by atoms with van der Waals surface area (Å²) in [5, 5.41) is -0.249. The maximum Gasteiger partial charge on any atom is 0.573 e. The lowest BCUT2D eigenvalue weighted by molar-refractivity contribution is -0.274. The number of furan rings is 1. The lowest BCUT2D eigenvalue weighted by Crippen LogP contribution is -2.17. The molecule has 0 radical (unpaired) electrons. The van der Waals surface area contributed by atoms with Crippen LogP contribution in [0.4, 0.5) is 26.3 Å². The zero-order valence-electron chi connectivity index (χ0n) is 22.9. The highest BCUT2D eigenvalue weighted by Gasteiger charge is 2.40. The third-order valence-electron chi connectivity index (χ3n) is 6.23. The summed E-state index contributed by atoms with van der Waals surface area (Å²) in [7, 11) is 0. The van der Waals surface area contributed by atoms with E-state index in [0.29, 0.717) is 12.8 Å². The number of rotatable bonds is 9. The van der Waals surface area contributed by atoms with Crippen LogP contribution in [0.1, 0.15) is 31.4 Å². The molecule has 0 unspecified atom stereocenters. The predicted molar refractivity (Wildman–Crippen MR) is 145 cm³/mol. The van der Waals surface area contributed by atoms with Crippen molar-refractivity contribution < 1.29 is 54.6 Å². The van der Waals surface area contributed by atoms with Gasteiger partial charge in [-0.15, -0.1) is 13.2 Å². The van der Waals surface area contributed by atoms with Crippen LogP contribution in [-0.2, 0) is 26.9 Å². The number of hydrogen-bond donors (Lipinski definition) is 0. The summed E-state index contributed by atoms with van der Waals surface area (Å²) in [6.07, 6.45) is -9.34. The van der Waals surface area contributed by atoms with Gasteiger partial charge in [0, 0.05) is 27.5 Å². The van der Waals surface area contributed by atoms with E-state index in [4.69, 9.17) is 13.9 Å². The minimum Gasteiger partial charge on any atom is -0.462 e. The first-order valence-corrected chi connectivity index (χ1v) is 12.7. The van der Waals surface area contributed by atoms with Gasteiger partial charge in [0.1, 0.15) is 11.3 Å². The SMILES string of the molecule is C=C(C)C(=O)OCCCc1ccc(-c2ccc3c(oc4c(C(F)(F)F)c(OC(=O)C(=C)C)ccc43)c2OC(F)(F)F)cc1. The molecule has 43 heavy (non-hydrogen) atoms. The lowest BCUT2D eigenvalue weighted by atomic mass is 9.99. The molecule has 0 atom stereocenters. The lowest BCUT2D eigenvalue weighted by Gasteiger charge is -2.14. The number of carbonyl (C=O) groups excluding carboxylic acids is 2. The van der Waals surface area contributed by atoms with Crippen LogP contribution in [-0.4, -0.2) is 24.9 Å². The van der Waals surface area contributed by atoms with Gasteiger partial charge in [-0.1, -0.05) is 37.4 Å². The maximum absolute atomic E-state index is 14.2. The van der Waals surface area contributed by atoms with Gasteiger partial charge in [-0.25, -0.2) is 9.59 Å². The van der Waals surface area contributed by atoms with Crippen molar-refractivity contribution in [3.8, 4) is 22.6 Å². The van der Waals surface area contributed by atoms with Crippen LogP contribution in [0, 0.1) is 0 Å². The first kappa shape index (κ1) is 31.2. The Kier molecular flexibility index (Phi) is 8.61. The normalized spacial score (nSPS) is 11.9. The molecule has 4 rings (SSSR count). The maximum atomic E-state index is 14.2. The van der Waals surface area contributed by atoms with E-state index in [2.05, 4.69) is 17.9 Å². The van der Waals surface area contributed by atoms with Crippen LogP contribution in [0.2, 0.25) is 0 Å². The summed E-state index contributed by atoms with van der Waals surface area (Å²) in [4.78, 5) is 23.5. The second-order valence-corrected chi connectivity index (χ2v) is 9.67. The predicted octanol–water partition coefficient (Wildman–Crippen LogP) is 8.70. The van der Waals surface area contributed by atoms with E-state index in [9.17, 15) is 35.9 Å². The molecule has 0 saturated heterocycles. The molecule has 0 saturated carbocycles. The molecule has 4 aromatic rings. The zero-order chi connectivity index (χ0) is 31.7. The summed E-state index contributed by atoms with van der Waals surface area (Å²) in [6, 6.07) is 11.0. The third-order valence-corrected chi connectivity index (χ3v) is 6.23. The van der Waals surface area contributed by atoms with E-state index in [-0.39, 0.29) is 39.7 Å². The number of alkyl halides is 6. The van der Waals surface area contributed by atoms with Gasteiger partial charge < -0.3 is 18.6 Å².